The first-order valence-corrected chi connectivity index (χ1v) is 9.86. The molecule has 146 valence electrons. The molecule has 2 aliphatic heterocycles. The quantitative estimate of drug-likeness (QED) is 0.769. The van der Waals surface area contributed by atoms with E-state index in [4.69, 9.17) is 9.26 Å². The van der Waals surface area contributed by atoms with Crippen LogP contribution in [0.2, 0.25) is 0 Å². The second-order valence-electron chi connectivity index (χ2n) is 8.43. The van der Waals surface area contributed by atoms with Crippen molar-refractivity contribution in [3.05, 3.63) is 11.7 Å². The van der Waals surface area contributed by atoms with Gasteiger partial charge in [-0.2, -0.15) is 4.98 Å². The fourth-order valence-electron chi connectivity index (χ4n) is 3.47. The smallest absolute Gasteiger partial charge is 0.226 e. The Kier molecular flexibility index (Phi) is 6.29. The predicted octanol–water partition coefficient (Wildman–Crippen LogP) is 2.01. The van der Waals surface area contributed by atoms with Crippen LogP contribution in [0.3, 0.4) is 0 Å². The third-order valence-electron chi connectivity index (χ3n) is 5.13. The van der Waals surface area contributed by atoms with Crippen LogP contribution < -0.4 is 0 Å². The number of hydrogen-bond donors (Lipinski definition) is 0. The van der Waals surface area contributed by atoms with Gasteiger partial charge in [-0.3, -0.25) is 9.69 Å². The van der Waals surface area contributed by atoms with Crippen LogP contribution in [0.5, 0.6) is 0 Å². The summed E-state index contributed by atoms with van der Waals surface area (Å²) in [5.41, 5.74) is -0.110. The molecule has 1 atom stereocenters. The van der Waals surface area contributed by atoms with Gasteiger partial charge in [0.05, 0.1) is 6.10 Å². The minimum absolute atomic E-state index is 0.110. The van der Waals surface area contributed by atoms with E-state index in [0.717, 1.165) is 51.6 Å². The second kappa shape index (κ2) is 8.48. The minimum atomic E-state index is -0.110. The molecule has 1 aromatic heterocycles. The molecule has 0 radical (unpaired) electrons. The lowest BCUT2D eigenvalue weighted by Crippen LogP contribution is -2.50. The lowest BCUT2D eigenvalue weighted by Gasteiger charge is -2.35. The molecule has 7 nitrogen and oxygen atoms in total. The van der Waals surface area contributed by atoms with E-state index in [0.29, 0.717) is 24.8 Å². The van der Waals surface area contributed by atoms with Crippen LogP contribution in [0.25, 0.3) is 0 Å². The summed E-state index contributed by atoms with van der Waals surface area (Å²) in [7, 11) is 0. The molecule has 1 aromatic rings. The molecule has 0 N–H and O–H groups in total. The Morgan fingerprint density at radius 3 is 2.62 bits per heavy atom. The molecule has 2 aliphatic rings. The number of aromatic nitrogens is 2. The monoisotopic (exact) mass is 364 g/mol. The van der Waals surface area contributed by atoms with E-state index in [1.165, 1.54) is 12.8 Å². The highest BCUT2D eigenvalue weighted by Crippen LogP contribution is 2.19. The van der Waals surface area contributed by atoms with E-state index in [9.17, 15) is 4.79 Å². The molecule has 3 heterocycles. The molecule has 0 aliphatic carbocycles. The molecule has 7 heteroatoms. The Hall–Kier alpha value is -1.47. The van der Waals surface area contributed by atoms with Crippen LogP contribution in [0.15, 0.2) is 4.52 Å². The fraction of sp³-hybridized carbons (Fsp3) is 0.842. The topological polar surface area (TPSA) is 71.7 Å². The van der Waals surface area contributed by atoms with Crippen molar-refractivity contribution in [3.63, 3.8) is 0 Å². The lowest BCUT2D eigenvalue weighted by atomic mass is 9.96. The van der Waals surface area contributed by atoms with Gasteiger partial charge in [0.1, 0.15) is 0 Å². The van der Waals surface area contributed by atoms with E-state index in [1.807, 2.05) is 4.90 Å². The first kappa shape index (κ1) is 19.3. The number of ether oxygens (including phenoxy) is 1. The third kappa shape index (κ3) is 5.27. The zero-order chi connectivity index (χ0) is 18.6. The number of amides is 1. The number of aryl methyl sites for hydroxylation is 1. The average Bonchev–Trinajstić information content (AvgIpc) is 3.27. The number of hydrogen-bond acceptors (Lipinski definition) is 6. The Morgan fingerprint density at radius 1 is 1.23 bits per heavy atom. The van der Waals surface area contributed by atoms with Crippen molar-refractivity contribution in [2.45, 2.75) is 64.4 Å². The van der Waals surface area contributed by atoms with Gasteiger partial charge >= 0.3 is 0 Å². The maximum Gasteiger partial charge on any atom is 0.226 e. The molecule has 2 saturated heterocycles. The molecule has 2 fully saturated rings. The Labute approximate surface area is 156 Å². The van der Waals surface area contributed by atoms with Crippen molar-refractivity contribution < 1.29 is 14.1 Å². The largest absolute Gasteiger partial charge is 0.377 e. The summed E-state index contributed by atoms with van der Waals surface area (Å²) in [5, 5.41) is 4.03. The summed E-state index contributed by atoms with van der Waals surface area (Å²) in [6.45, 7) is 11.6. The molecule has 0 saturated carbocycles. The number of rotatable bonds is 6. The van der Waals surface area contributed by atoms with Gasteiger partial charge in [0.2, 0.25) is 11.8 Å². The van der Waals surface area contributed by atoms with Crippen LogP contribution in [0.1, 0.15) is 58.2 Å². The zero-order valence-electron chi connectivity index (χ0n) is 16.4. The van der Waals surface area contributed by atoms with E-state index in [1.54, 1.807) is 0 Å². The summed E-state index contributed by atoms with van der Waals surface area (Å²) in [5.74, 6) is 1.59. The van der Waals surface area contributed by atoms with Crippen LogP contribution in [-0.4, -0.2) is 71.3 Å². The fourth-order valence-corrected chi connectivity index (χ4v) is 3.47. The maximum absolute atomic E-state index is 12.4. The molecular formula is C19H32N4O3. The van der Waals surface area contributed by atoms with Gasteiger partial charge in [0, 0.05) is 57.6 Å². The summed E-state index contributed by atoms with van der Waals surface area (Å²) < 4.78 is 11.0. The highest BCUT2D eigenvalue weighted by Gasteiger charge is 2.25. The normalized spacial score (nSPS) is 22.1. The van der Waals surface area contributed by atoms with E-state index < -0.39 is 0 Å². The highest BCUT2D eigenvalue weighted by molar-refractivity contribution is 5.76. The van der Waals surface area contributed by atoms with Gasteiger partial charge in [0.15, 0.2) is 5.82 Å². The Bertz CT molecular complexity index is 582. The van der Waals surface area contributed by atoms with Gasteiger partial charge in [-0.15, -0.1) is 0 Å². The minimum Gasteiger partial charge on any atom is -0.377 e. The molecular weight excluding hydrogens is 332 g/mol. The van der Waals surface area contributed by atoms with Crippen molar-refractivity contribution in [1.82, 2.24) is 19.9 Å². The third-order valence-corrected chi connectivity index (χ3v) is 5.13. The molecule has 0 aromatic carbocycles. The highest BCUT2D eigenvalue weighted by atomic mass is 16.5. The number of piperazine rings is 1. The zero-order valence-corrected chi connectivity index (χ0v) is 16.4. The van der Waals surface area contributed by atoms with Crippen molar-refractivity contribution >= 4 is 5.91 Å². The van der Waals surface area contributed by atoms with Crippen LogP contribution >= 0.6 is 0 Å². The maximum atomic E-state index is 12.4. The molecule has 3 rings (SSSR count). The summed E-state index contributed by atoms with van der Waals surface area (Å²) >= 11 is 0. The standard InChI is InChI=1S/C19H32N4O3/c1-19(2,3)18-20-16(26-21-18)7-4-8-17(24)23-11-9-22(10-12-23)14-15-6-5-13-25-15/h15H,4-14H2,1-3H3. The Morgan fingerprint density at radius 2 is 2.00 bits per heavy atom. The summed E-state index contributed by atoms with van der Waals surface area (Å²) in [4.78, 5) is 21.3. The van der Waals surface area contributed by atoms with Crippen LogP contribution in [0, 0.1) is 0 Å². The van der Waals surface area contributed by atoms with E-state index in [-0.39, 0.29) is 11.3 Å². The van der Waals surface area contributed by atoms with Crippen molar-refractivity contribution in [2.75, 3.05) is 39.3 Å². The summed E-state index contributed by atoms with van der Waals surface area (Å²) in [6.07, 6.45) is 4.70. The molecule has 1 amide bonds. The number of carbonyl (C=O) groups excluding carboxylic acids is 1. The first-order valence-electron chi connectivity index (χ1n) is 9.86. The van der Waals surface area contributed by atoms with Crippen LogP contribution in [0.4, 0.5) is 0 Å². The van der Waals surface area contributed by atoms with Gasteiger partial charge in [-0.1, -0.05) is 25.9 Å². The molecule has 26 heavy (non-hydrogen) atoms. The SMILES string of the molecule is CC(C)(C)c1noc(CCCC(=O)N2CCN(CC3CCCO3)CC2)n1. The predicted molar refractivity (Wildman–Crippen MR) is 97.9 cm³/mol. The Balaban J connectivity index is 1.34. The second-order valence-corrected chi connectivity index (χ2v) is 8.43. The van der Waals surface area contributed by atoms with E-state index in [2.05, 4.69) is 35.8 Å². The molecule has 1 unspecified atom stereocenters. The number of carbonyl (C=O) groups is 1. The van der Waals surface area contributed by atoms with E-state index >= 15 is 0 Å². The van der Waals surface area contributed by atoms with Gasteiger partial charge in [-0.25, -0.2) is 0 Å². The number of nitrogens with zero attached hydrogens (tertiary/aromatic N) is 4. The van der Waals surface area contributed by atoms with Gasteiger partial charge in [0.25, 0.3) is 0 Å². The van der Waals surface area contributed by atoms with Gasteiger partial charge in [-0.05, 0) is 19.3 Å². The van der Waals surface area contributed by atoms with Crippen molar-refractivity contribution in [1.29, 1.82) is 0 Å². The lowest BCUT2D eigenvalue weighted by molar-refractivity contribution is -0.133. The van der Waals surface area contributed by atoms with Crippen molar-refractivity contribution in [3.8, 4) is 0 Å². The van der Waals surface area contributed by atoms with Gasteiger partial charge < -0.3 is 14.2 Å². The average molecular weight is 364 g/mol. The van der Waals surface area contributed by atoms with Crippen LogP contribution in [-0.2, 0) is 21.4 Å². The summed E-state index contributed by atoms with van der Waals surface area (Å²) in [6, 6.07) is 0. The molecule has 0 spiro atoms. The van der Waals surface area contributed by atoms with Crippen molar-refractivity contribution in [2.24, 2.45) is 0 Å². The molecule has 0 bridgehead atoms. The first-order chi connectivity index (χ1) is 12.4.